The van der Waals surface area contributed by atoms with Crippen molar-refractivity contribution in [3.63, 3.8) is 0 Å². The zero-order valence-electron chi connectivity index (χ0n) is 12.3. The second-order valence-corrected chi connectivity index (χ2v) is 4.78. The van der Waals surface area contributed by atoms with Crippen molar-refractivity contribution >= 4 is 5.91 Å². The standard InChI is InChI=1S/C13H29N3O/c1-7-14-10-9-13(17)15(8-2)16(11(3)4)12(5)6/h11-12,14H,7-10H2,1-6H3. The predicted octanol–water partition coefficient (Wildman–Crippen LogP) is 1.87. The maximum absolute atomic E-state index is 12.1. The summed E-state index contributed by atoms with van der Waals surface area (Å²) < 4.78 is 0. The number of carbonyl (C=O) groups is 1. The van der Waals surface area contributed by atoms with Gasteiger partial charge in [-0.2, -0.15) is 0 Å². The zero-order chi connectivity index (χ0) is 13.4. The van der Waals surface area contributed by atoms with Crippen LogP contribution in [0.15, 0.2) is 0 Å². The number of nitrogens with zero attached hydrogens (tertiary/aromatic N) is 2. The Hall–Kier alpha value is -0.610. The van der Waals surface area contributed by atoms with Crippen molar-refractivity contribution in [2.45, 2.75) is 60.0 Å². The molecule has 1 amide bonds. The van der Waals surface area contributed by atoms with Crippen LogP contribution in [0.1, 0.15) is 48.0 Å². The van der Waals surface area contributed by atoms with Gasteiger partial charge in [0.25, 0.3) is 0 Å². The molecule has 0 aliphatic rings. The van der Waals surface area contributed by atoms with Crippen LogP contribution in [0.5, 0.6) is 0 Å². The summed E-state index contributed by atoms with van der Waals surface area (Å²) in [5, 5.41) is 7.23. The third-order valence-electron chi connectivity index (χ3n) is 2.69. The SMILES string of the molecule is CCNCCC(=O)N(CC)N(C(C)C)C(C)C. The fourth-order valence-corrected chi connectivity index (χ4v) is 2.12. The van der Waals surface area contributed by atoms with Crippen molar-refractivity contribution in [2.75, 3.05) is 19.6 Å². The Morgan fingerprint density at radius 2 is 1.65 bits per heavy atom. The van der Waals surface area contributed by atoms with E-state index < -0.39 is 0 Å². The highest BCUT2D eigenvalue weighted by Gasteiger charge is 2.24. The number of hydrogen-bond donors (Lipinski definition) is 1. The van der Waals surface area contributed by atoms with E-state index in [0.717, 1.165) is 19.6 Å². The monoisotopic (exact) mass is 243 g/mol. The maximum atomic E-state index is 12.1. The van der Waals surface area contributed by atoms with E-state index in [1.54, 1.807) is 0 Å². The van der Waals surface area contributed by atoms with E-state index in [0.29, 0.717) is 18.5 Å². The molecule has 4 heteroatoms. The first-order valence-electron chi connectivity index (χ1n) is 6.74. The molecule has 0 radical (unpaired) electrons. The van der Waals surface area contributed by atoms with Gasteiger partial charge in [-0.15, -0.1) is 0 Å². The summed E-state index contributed by atoms with van der Waals surface area (Å²) in [5.41, 5.74) is 0. The van der Waals surface area contributed by atoms with Gasteiger partial charge in [0.05, 0.1) is 0 Å². The minimum absolute atomic E-state index is 0.204. The van der Waals surface area contributed by atoms with Crippen molar-refractivity contribution in [1.29, 1.82) is 0 Å². The lowest BCUT2D eigenvalue weighted by atomic mass is 10.2. The van der Waals surface area contributed by atoms with E-state index in [1.165, 1.54) is 0 Å². The van der Waals surface area contributed by atoms with Crippen molar-refractivity contribution in [3.8, 4) is 0 Å². The van der Waals surface area contributed by atoms with Crippen LogP contribution in [0.3, 0.4) is 0 Å². The topological polar surface area (TPSA) is 35.6 Å². The normalized spacial score (nSPS) is 11.6. The minimum Gasteiger partial charge on any atom is -0.316 e. The molecule has 1 N–H and O–H groups in total. The molecule has 0 aliphatic heterocycles. The first-order chi connectivity index (χ1) is 7.95. The lowest BCUT2D eigenvalue weighted by molar-refractivity contribution is -0.156. The summed E-state index contributed by atoms with van der Waals surface area (Å²) in [6.07, 6.45) is 0.567. The summed E-state index contributed by atoms with van der Waals surface area (Å²) in [6, 6.07) is 0.691. The minimum atomic E-state index is 0.204. The van der Waals surface area contributed by atoms with Crippen LogP contribution in [0.25, 0.3) is 0 Å². The zero-order valence-corrected chi connectivity index (χ0v) is 12.3. The van der Waals surface area contributed by atoms with Crippen LogP contribution in [0, 0.1) is 0 Å². The molecule has 0 atom stereocenters. The third-order valence-corrected chi connectivity index (χ3v) is 2.69. The van der Waals surface area contributed by atoms with Crippen LogP contribution < -0.4 is 5.32 Å². The summed E-state index contributed by atoms with van der Waals surface area (Å²) in [4.78, 5) is 12.1. The smallest absolute Gasteiger partial charge is 0.238 e. The van der Waals surface area contributed by atoms with Crippen LogP contribution in [0.2, 0.25) is 0 Å². The van der Waals surface area contributed by atoms with Gasteiger partial charge in [-0.1, -0.05) is 6.92 Å². The van der Waals surface area contributed by atoms with Crippen molar-refractivity contribution in [3.05, 3.63) is 0 Å². The molecular weight excluding hydrogens is 214 g/mol. The number of hydrogen-bond acceptors (Lipinski definition) is 3. The molecule has 0 aromatic rings. The van der Waals surface area contributed by atoms with Gasteiger partial charge in [0.2, 0.25) is 5.91 Å². The van der Waals surface area contributed by atoms with E-state index in [9.17, 15) is 4.79 Å². The Morgan fingerprint density at radius 1 is 1.12 bits per heavy atom. The van der Waals surface area contributed by atoms with Gasteiger partial charge >= 0.3 is 0 Å². The van der Waals surface area contributed by atoms with Gasteiger partial charge in [-0.3, -0.25) is 9.80 Å². The quantitative estimate of drug-likeness (QED) is 0.522. The third kappa shape index (κ3) is 5.50. The molecule has 0 bridgehead atoms. The Balaban J connectivity index is 4.50. The Morgan fingerprint density at radius 3 is 2.00 bits per heavy atom. The van der Waals surface area contributed by atoms with Gasteiger partial charge in [0.1, 0.15) is 0 Å². The first kappa shape index (κ1) is 16.4. The van der Waals surface area contributed by atoms with Gasteiger partial charge in [0.15, 0.2) is 0 Å². The average Bonchev–Trinajstić information content (AvgIpc) is 2.24. The maximum Gasteiger partial charge on any atom is 0.238 e. The Bertz CT molecular complexity index is 209. The fraction of sp³-hybridized carbons (Fsp3) is 0.923. The van der Waals surface area contributed by atoms with E-state index >= 15 is 0 Å². The Kier molecular flexibility index (Phi) is 8.17. The molecule has 0 aliphatic carbocycles. The lowest BCUT2D eigenvalue weighted by Gasteiger charge is -2.40. The molecule has 0 heterocycles. The molecule has 0 saturated heterocycles. The number of carbonyl (C=O) groups excluding carboxylic acids is 1. The average molecular weight is 243 g/mol. The molecular formula is C13H29N3O. The van der Waals surface area contributed by atoms with E-state index in [1.807, 2.05) is 11.9 Å². The molecule has 0 spiro atoms. The molecule has 17 heavy (non-hydrogen) atoms. The summed E-state index contributed by atoms with van der Waals surface area (Å²) in [6.45, 7) is 15.0. The van der Waals surface area contributed by atoms with Gasteiger partial charge in [-0.25, -0.2) is 5.01 Å². The lowest BCUT2D eigenvalue weighted by Crippen LogP contribution is -2.53. The van der Waals surface area contributed by atoms with E-state index in [2.05, 4.69) is 44.9 Å². The molecule has 0 aromatic heterocycles. The highest BCUT2D eigenvalue weighted by molar-refractivity contribution is 5.75. The summed E-state index contributed by atoms with van der Waals surface area (Å²) >= 11 is 0. The van der Waals surface area contributed by atoms with Crippen LogP contribution in [-0.2, 0) is 4.79 Å². The van der Waals surface area contributed by atoms with Gasteiger partial charge in [0, 0.05) is 31.6 Å². The van der Waals surface area contributed by atoms with Crippen molar-refractivity contribution in [2.24, 2.45) is 0 Å². The number of amides is 1. The first-order valence-corrected chi connectivity index (χ1v) is 6.74. The Labute approximate surface area is 106 Å². The number of hydrazine groups is 1. The molecule has 0 saturated carbocycles. The molecule has 0 rings (SSSR count). The van der Waals surface area contributed by atoms with Crippen molar-refractivity contribution < 1.29 is 4.79 Å². The largest absolute Gasteiger partial charge is 0.316 e. The molecule has 0 unspecified atom stereocenters. The molecule has 0 fully saturated rings. The number of rotatable bonds is 8. The fourth-order valence-electron chi connectivity index (χ4n) is 2.12. The van der Waals surface area contributed by atoms with Gasteiger partial charge in [-0.05, 0) is 41.2 Å². The van der Waals surface area contributed by atoms with Crippen LogP contribution >= 0.6 is 0 Å². The highest BCUT2D eigenvalue weighted by atomic mass is 16.2. The molecule has 102 valence electrons. The van der Waals surface area contributed by atoms with Crippen molar-refractivity contribution in [1.82, 2.24) is 15.3 Å². The highest BCUT2D eigenvalue weighted by Crippen LogP contribution is 2.11. The second kappa shape index (κ2) is 8.48. The predicted molar refractivity (Wildman–Crippen MR) is 72.7 cm³/mol. The molecule has 4 nitrogen and oxygen atoms in total. The van der Waals surface area contributed by atoms with Gasteiger partial charge < -0.3 is 5.32 Å². The van der Waals surface area contributed by atoms with E-state index in [4.69, 9.17) is 0 Å². The van der Waals surface area contributed by atoms with E-state index in [-0.39, 0.29) is 5.91 Å². The van der Waals surface area contributed by atoms with Crippen LogP contribution in [-0.4, -0.2) is 47.6 Å². The molecule has 0 aromatic carbocycles. The van der Waals surface area contributed by atoms with Crippen LogP contribution in [0.4, 0.5) is 0 Å². The number of nitrogens with one attached hydrogen (secondary N) is 1. The summed E-state index contributed by atoms with van der Waals surface area (Å²) in [7, 11) is 0. The second-order valence-electron chi connectivity index (χ2n) is 4.78. The summed E-state index contributed by atoms with van der Waals surface area (Å²) in [5.74, 6) is 0.204.